The van der Waals surface area contributed by atoms with E-state index in [2.05, 4.69) is 51.8 Å². The zero-order valence-corrected chi connectivity index (χ0v) is 12.3. The summed E-state index contributed by atoms with van der Waals surface area (Å²) in [5, 5.41) is 0.268. The minimum absolute atomic E-state index is 0.268. The Morgan fingerprint density at radius 2 is 1.88 bits per heavy atom. The van der Waals surface area contributed by atoms with Crippen LogP contribution in [0.3, 0.4) is 0 Å². The average Bonchev–Trinajstić information content (AvgIpc) is 2.13. The molecule has 0 aromatic carbocycles. The smallest absolute Gasteiger partial charge is 0.192 e. The predicted octanol–water partition coefficient (Wildman–Crippen LogP) is 3.91. The minimum Gasteiger partial charge on any atom is -0.413 e. The Balaban J connectivity index is 2.65. The van der Waals surface area contributed by atoms with Crippen molar-refractivity contribution in [1.82, 2.24) is 4.98 Å². The topological polar surface area (TPSA) is 22.1 Å². The van der Waals surface area contributed by atoms with Gasteiger partial charge in [-0.3, -0.25) is 4.98 Å². The molecule has 0 fully saturated rings. The van der Waals surface area contributed by atoms with E-state index in [-0.39, 0.29) is 5.04 Å². The number of aryl methyl sites for hydroxylation is 1. The second kappa shape index (κ2) is 4.68. The van der Waals surface area contributed by atoms with Crippen molar-refractivity contribution in [3.8, 4) is 0 Å². The van der Waals surface area contributed by atoms with E-state index < -0.39 is 8.32 Å². The van der Waals surface area contributed by atoms with Crippen molar-refractivity contribution in [2.24, 2.45) is 0 Å². The second-order valence-electron chi connectivity index (χ2n) is 5.92. The van der Waals surface area contributed by atoms with Gasteiger partial charge in [-0.15, -0.1) is 0 Å². The van der Waals surface area contributed by atoms with E-state index in [1.807, 2.05) is 12.4 Å². The van der Waals surface area contributed by atoms with Crippen molar-refractivity contribution >= 4 is 8.32 Å². The zero-order valence-electron chi connectivity index (χ0n) is 11.3. The highest BCUT2D eigenvalue weighted by molar-refractivity contribution is 6.74. The van der Waals surface area contributed by atoms with Crippen molar-refractivity contribution in [1.29, 1.82) is 0 Å². The third-order valence-electron chi connectivity index (χ3n) is 3.34. The number of hydrogen-bond acceptors (Lipinski definition) is 2. The van der Waals surface area contributed by atoms with Crippen molar-refractivity contribution < 1.29 is 4.43 Å². The van der Waals surface area contributed by atoms with Crippen LogP contribution < -0.4 is 0 Å². The normalized spacial score (nSPS) is 12.9. The maximum absolute atomic E-state index is 6.13. The Morgan fingerprint density at radius 3 is 2.38 bits per heavy atom. The molecule has 0 aliphatic heterocycles. The van der Waals surface area contributed by atoms with Crippen LogP contribution in [0.2, 0.25) is 18.1 Å². The lowest BCUT2D eigenvalue weighted by Crippen LogP contribution is -2.40. The Bertz CT molecular complexity index is 355. The van der Waals surface area contributed by atoms with Gasteiger partial charge in [0.15, 0.2) is 8.32 Å². The monoisotopic (exact) mass is 237 g/mol. The van der Waals surface area contributed by atoms with Gasteiger partial charge in [0.2, 0.25) is 0 Å². The molecule has 1 aromatic rings. The Hall–Kier alpha value is -0.673. The first-order chi connectivity index (χ1) is 7.22. The lowest BCUT2D eigenvalue weighted by molar-refractivity contribution is 0.276. The lowest BCUT2D eigenvalue weighted by atomic mass is 10.2. The number of nitrogens with zero attached hydrogens (tertiary/aromatic N) is 1. The molecular formula is C13H23NOSi. The molecule has 2 nitrogen and oxygen atoms in total. The highest BCUT2D eigenvalue weighted by Gasteiger charge is 2.36. The van der Waals surface area contributed by atoms with Gasteiger partial charge in [-0.1, -0.05) is 26.8 Å². The van der Waals surface area contributed by atoms with Crippen LogP contribution in [0.25, 0.3) is 0 Å². The van der Waals surface area contributed by atoms with Gasteiger partial charge in [-0.05, 0) is 36.2 Å². The van der Waals surface area contributed by atoms with Gasteiger partial charge in [-0.25, -0.2) is 0 Å². The Morgan fingerprint density at radius 1 is 1.25 bits per heavy atom. The molecule has 0 aliphatic carbocycles. The summed E-state index contributed by atoms with van der Waals surface area (Å²) in [6, 6.07) is 2.14. The average molecular weight is 237 g/mol. The van der Waals surface area contributed by atoms with Crippen molar-refractivity contribution in [2.75, 3.05) is 0 Å². The fraction of sp³-hybridized carbons (Fsp3) is 0.615. The first kappa shape index (κ1) is 13.4. The Labute approximate surface area is 100 Å². The SMILES string of the molecule is Cc1cncc(CO[Si](C)(C)C(C)(C)C)c1. The lowest BCUT2D eigenvalue weighted by Gasteiger charge is -2.36. The van der Waals surface area contributed by atoms with Crippen LogP contribution in [0.5, 0.6) is 0 Å². The Kier molecular flexibility index (Phi) is 3.91. The van der Waals surface area contributed by atoms with Crippen molar-refractivity contribution in [3.63, 3.8) is 0 Å². The molecule has 0 bridgehead atoms. The number of rotatable bonds is 3. The van der Waals surface area contributed by atoms with Gasteiger partial charge in [0.05, 0.1) is 6.61 Å². The number of pyridine rings is 1. The maximum Gasteiger partial charge on any atom is 0.192 e. The molecule has 0 atom stereocenters. The van der Waals surface area contributed by atoms with E-state index in [0.29, 0.717) is 6.61 Å². The zero-order chi connectivity index (χ0) is 12.4. The molecule has 0 amide bonds. The molecular weight excluding hydrogens is 214 g/mol. The van der Waals surface area contributed by atoms with E-state index >= 15 is 0 Å². The van der Waals surface area contributed by atoms with Crippen molar-refractivity contribution in [3.05, 3.63) is 29.6 Å². The van der Waals surface area contributed by atoms with E-state index in [1.165, 1.54) is 11.1 Å². The third-order valence-corrected chi connectivity index (χ3v) is 7.82. The molecule has 1 aromatic heterocycles. The molecule has 3 heteroatoms. The predicted molar refractivity (Wildman–Crippen MR) is 71.0 cm³/mol. The maximum atomic E-state index is 6.13. The summed E-state index contributed by atoms with van der Waals surface area (Å²) < 4.78 is 6.13. The molecule has 0 N–H and O–H groups in total. The molecule has 1 rings (SSSR count). The first-order valence-electron chi connectivity index (χ1n) is 5.77. The van der Waals surface area contributed by atoms with Gasteiger partial charge in [0.25, 0.3) is 0 Å². The van der Waals surface area contributed by atoms with E-state index in [0.717, 1.165) is 0 Å². The molecule has 90 valence electrons. The van der Waals surface area contributed by atoms with E-state index in [4.69, 9.17) is 4.43 Å². The number of aromatic nitrogens is 1. The highest BCUT2D eigenvalue weighted by atomic mass is 28.4. The molecule has 0 saturated carbocycles. The van der Waals surface area contributed by atoms with Crippen LogP contribution in [-0.4, -0.2) is 13.3 Å². The van der Waals surface area contributed by atoms with Gasteiger partial charge in [0, 0.05) is 12.4 Å². The fourth-order valence-corrected chi connectivity index (χ4v) is 2.14. The second-order valence-corrected chi connectivity index (χ2v) is 10.7. The fourth-order valence-electron chi connectivity index (χ4n) is 1.18. The summed E-state index contributed by atoms with van der Waals surface area (Å²) in [5.74, 6) is 0. The highest BCUT2D eigenvalue weighted by Crippen LogP contribution is 2.36. The third kappa shape index (κ3) is 3.42. The molecule has 0 saturated heterocycles. The van der Waals surface area contributed by atoms with Gasteiger partial charge < -0.3 is 4.43 Å². The molecule has 0 unspecified atom stereocenters. The van der Waals surface area contributed by atoms with E-state index in [1.54, 1.807) is 0 Å². The minimum atomic E-state index is -1.63. The van der Waals surface area contributed by atoms with Gasteiger partial charge in [0.1, 0.15) is 0 Å². The van der Waals surface area contributed by atoms with Crippen LogP contribution in [0, 0.1) is 6.92 Å². The first-order valence-corrected chi connectivity index (χ1v) is 8.68. The van der Waals surface area contributed by atoms with Gasteiger partial charge in [-0.2, -0.15) is 0 Å². The van der Waals surface area contributed by atoms with Crippen LogP contribution in [-0.2, 0) is 11.0 Å². The van der Waals surface area contributed by atoms with Gasteiger partial charge >= 0.3 is 0 Å². The molecule has 1 heterocycles. The summed E-state index contributed by atoms with van der Waals surface area (Å²) in [6.07, 6.45) is 3.76. The molecule has 0 radical (unpaired) electrons. The summed E-state index contributed by atoms with van der Waals surface area (Å²) in [7, 11) is -1.63. The van der Waals surface area contributed by atoms with Crippen LogP contribution in [0.1, 0.15) is 31.9 Å². The number of hydrogen-bond donors (Lipinski definition) is 0. The van der Waals surface area contributed by atoms with Crippen LogP contribution in [0.15, 0.2) is 18.5 Å². The summed E-state index contributed by atoms with van der Waals surface area (Å²) >= 11 is 0. The molecule has 16 heavy (non-hydrogen) atoms. The molecule has 0 aliphatic rings. The van der Waals surface area contributed by atoms with Crippen LogP contribution in [0.4, 0.5) is 0 Å². The van der Waals surface area contributed by atoms with Crippen LogP contribution >= 0.6 is 0 Å². The quantitative estimate of drug-likeness (QED) is 0.744. The largest absolute Gasteiger partial charge is 0.413 e. The van der Waals surface area contributed by atoms with E-state index in [9.17, 15) is 0 Å². The standard InChI is InChI=1S/C13H23NOSi/c1-11-7-12(9-14-8-11)10-15-16(5,6)13(2,3)4/h7-9H,10H2,1-6H3. The summed E-state index contributed by atoms with van der Waals surface area (Å²) in [5.41, 5.74) is 2.36. The molecule has 0 spiro atoms. The summed E-state index contributed by atoms with van der Waals surface area (Å²) in [4.78, 5) is 4.18. The van der Waals surface area contributed by atoms with Crippen molar-refractivity contribution in [2.45, 2.75) is 52.4 Å². The summed E-state index contributed by atoms with van der Waals surface area (Å²) in [6.45, 7) is 14.1.